The molecule has 9 heteroatoms. The van der Waals surface area contributed by atoms with Crippen molar-refractivity contribution in [2.24, 2.45) is 10.8 Å². The zero-order valence-corrected chi connectivity index (χ0v) is 31.8. The molecule has 0 unspecified atom stereocenters. The summed E-state index contributed by atoms with van der Waals surface area (Å²) in [6.07, 6.45) is 5.35. The summed E-state index contributed by atoms with van der Waals surface area (Å²) in [4.78, 5) is 35.7. The number of piperidine rings is 2. The summed E-state index contributed by atoms with van der Waals surface area (Å²) in [5.41, 5.74) is 3.87. The average molecular weight is 746 g/mol. The Balaban J connectivity index is 0.000000221. The fraction of sp³-hybridized carbons (Fsp3) is 0.435. The first-order valence-corrected chi connectivity index (χ1v) is 20.1. The summed E-state index contributed by atoms with van der Waals surface area (Å²) >= 11 is 0. The van der Waals surface area contributed by atoms with Gasteiger partial charge in [0, 0.05) is 51.2 Å². The molecule has 4 aromatic carbocycles. The minimum absolute atomic E-state index is 0.0270. The first-order valence-electron chi connectivity index (χ1n) is 20.1. The molecule has 5 heterocycles. The Labute approximate surface area is 324 Å². The van der Waals surface area contributed by atoms with Gasteiger partial charge in [-0.15, -0.1) is 0 Å². The fourth-order valence-electron chi connectivity index (χ4n) is 9.51. The molecule has 0 atom stereocenters. The van der Waals surface area contributed by atoms with Crippen LogP contribution in [0.4, 0.5) is 8.78 Å². The number of nitrogens with zero attached hydrogens (tertiary/aromatic N) is 4. The van der Waals surface area contributed by atoms with Gasteiger partial charge in [0.25, 0.3) is 0 Å². The maximum atomic E-state index is 13.9. The van der Waals surface area contributed by atoms with Crippen LogP contribution in [0.25, 0.3) is 0 Å². The van der Waals surface area contributed by atoms with Crippen LogP contribution < -0.4 is 5.32 Å². The first kappa shape index (κ1) is 37.5. The van der Waals surface area contributed by atoms with Crippen LogP contribution in [0.2, 0.25) is 0 Å². The molecule has 0 aromatic heterocycles. The third-order valence-corrected chi connectivity index (χ3v) is 13.1. The van der Waals surface area contributed by atoms with Crippen molar-refractivity contribution in [3.63, 3.8) is 0 Å². The molecule has 0 bridgehead atoms. The van der Waals surface area contributed by atoms with E-state index in [1.165, 1.54) is 74.4 Å². The van der Waals surface area contributed by atoms with Crippen LogP contribution in [0.1, 0.15) is 54.4 Å². The molecule has 0 saturated carbocycles. The highest BCUT2D eigenvalue weighted by atomic mass is 19.1. The second-order valence-corrected chi connectivity index (χ2v) is 16.8. The van der Waals surface area contributed by atoms with Gasteiger partial charge in [0.05, 0.1) is 6.54 Å². The van der Waals surface area contributed by atoms with Crippen molar-refractivity contribution in [1.82, 2.24) is 24.9 Å². The minimum atomic E-state index is -1.07. The van der Waals surface area contributed by atoms with Crippen molar-refractivity contribution < 1.29 is 18.4 Å². The smallest absolute Gasteiger partial charge is 0.242 e. The summed E-state index contributed by atoms with van der Waals surface area (Å²) in [5.74, 6) is -1.00. The highest BCUT2D eigenvalue weighted by molar-refractivity contribution is 5.96. The van der Waals surface area contributed by atoms with E-state index in [1.807, 2.05) is 11.0 Å². The molecule has 288 valence electrons. The standard InChI is InChI=1S/C32H33F2N3O2.C14H20N2/c33-27-10-6-25(7-11-27)32(26-8-12-28(34)13-9-26)16-19-36(30(32)39)21-29(38)37-22-31(23-37)14-17-35(18-15-31)20-24-4-2-1-3-5-24;1-2-4-13(5-3-1)10-16-8-6-14(7-9-16)11-15-12-14/h1-13H,14-23H2;1-5,15H,6-12H2. The van der Waals surface area contributed by atoms with E-state index in [-0.39, 0.29) is 35.4 Å². The van der Waals surface area contributed by atoms with E-state index < -0.39 is 5.41 Å². The maximum Gasteiger partial charge on any atom is 0.242 e. The number of hydrogen-bond donors (Lipinski definition) is 1. The number of carbonyl (C=O) groups excluding carboxylic acids is 2. The van der Waals surface area contributed by atoms with Gasteiger partial charge in [-0.05, 0) is 110 Å². The van der Waals surface area contributed by atoms with Crippen molar-refractivity contribution in [2.75, 3.05) is 65.4 Å². The topological polar surface area (TPSA) is 59.1 Å². The summed E-state index contributed by atoms with van der Waals surface area (Å²) in [5, 5.41) is 3.42. The van der Waals surface area contributed by atoms with Crippen molar-refractivity contribution in [1.29, 1.82) is 0 Å². The van der Waals surface area contributed by atoms with Crippen LogP contribution in [-0.4, -0.2) is 96.9 Å². The van der Waals surface area contributed by atoms with Crippen LogP contribution >= 0.6 is 0 Å². The number of likely N-dealkylation sites (tertiary alicyclic amines) is 4. The number of rotatable bonds is 8. The van der Waals surface area contributed by atoms with Gasteiger partial charge in [0.2, 0.25) is 11.8 Å². The number of benzene rings is 4. The van der Waals surface area contributed by atoms with Crippen LogP contribution in [0, 0.1) is 22.5 Å². The van der Waals surface area contributed by atoms with Crippen LogP contribution in [0.3, 0.4) is 0 Å². The summed E-state index contributed by atoms with van der Waals surface area (Å²) in [7, 11) is 0. The SMILES string of the molecule is O=C(CN1CCC(c2ccc(F)cc2)(c2ccc(F)cc2)C1=O)N1CC2(CCN(Cc3ccccc3)CC2)C1.c1ccc(CN2CCC3(CC2)CNC3)cc1. The minimum Gasteiger partial charge on any atom is -0.340 e. The third-order valence-electron chi connectivity index (χ3n) is 13.1. The van der Waals surface area contributed by atoms with Gasteiger partial charge in [0.15, 0.2) is 0 Å². The van der Waals surface area contributed by atoms with Crippen molar-refractivity contribution in [3.05, 3.63) is 143 Å². The van der Waals surface area contributed by atoms with E-state index >= 15 is 0 Å². The zero-order valence-electron chi connectivity index (χ0n) is 31.8. The van der Waals surface area contributed by atoms with Gasteiger partial charge in [-0.1, -0.05) is 84.9 Å². The van der Waals surface area contributed by atoms with Gasteiger partial charge in [-0.25, -0.2) is 8.78 Å². The Morgan fingerprint density at radius 1 is 0.582 bits per heavy atom. The average Bonchev–Trinajstić information content (AvgIpc) is 3.51. The molecule has 0 aliphatic carbocycles. The van der Waals surface area contributed by atoms with E-state index in [4.69, 9.17) is 0 Å². The lowest BCUT2D eigenvalue weighted by Crippen LogP contribution is -2.63. The van der Waals surface area contributed by atoms with E-state index in [2.05, 4.69) is 69.7 Å². The van der Waals surface area contributed by atoms with Crippen LogP contribution in [0.15, 0.2) is 109 Å². The predicted octanol–water partition coefficient (Wildman–Crippen LogP) is 6.48. The molecule has 55 heavy (non-hydrogen) atoms. The molecule has 2 amide bonds. The number of hydrogen-bond acceptors (Lipinski definition) is 5. The number of halogens is 2. The lowest BCUT2D eigenvalue weighted by molar-refractivity contribution is -0.151. The molecule has 5 saturated heterocycles. The van der Waals surface area contributed by atoms with Gasteiger partial charge in [0.1, 0.15) is 17.0 Å². The molecule has 9 rings (SSSR count). The summed E-state index contributed by atoms with van der Waals surface area (Å²) in [6, 6.07) is 33.2. The molecular weight excluding hydrogens is 693 g/mol. The zero-order chi connectivity index (χ0) is 37.9. The van der Waals surface area contributed by atoms with Gasteiger partial charge < -0.3 is 15.1 Å². The van der Waals surface area contributed by atoms with E-state index in [0.717, 1.165) is 52.1 Å². The van der Waals surface area contributed by atoms with Crippen LogP contribution in [-0.2, 0) is 28.1 Å². The second kappa shape index (κ2) is 16.0. The highest BCUT2D eigenvalue weighted by Gasteiger charge is 2.51. The number of nitrogens with one attached hydrogen (secondary N) is 1. The predicted molar refractivity (Wildman–Crippen MR) is 211 cm³/mol. The quantitative estimate of drug-likeness (QED) is 0.224. The van der Waals surface area contributed by atoms with E-state index in [9.17, 15) is 18.4 Å². The second-order valence-electron chi connectivity index (χ2n) is 16.8. The summed E-state index contributed by atoms with van der Waals surface area (Å²) < 4.78 is 27.4. The Kier molecular flexibility index (Phi) is 10.9. The van der Waals surface area contributed by atoms with Crippen molar-refractivity contribution in [3.8, 4) is 0 Å². The van der Waals surface area contributed by atoms with E-state index in [1.54, 1.807) is 29.2 Å². The summed E-state index contributed by atoms with van der Waals surface area (Å²) in [6.45, 7) is 11.1. The largest absolute Gasteiger partial charge is 0.340 e. The van der Waals surface area contributed by atoms with Gasteiger partial charge in [-0.2, -0.15) is 0 Å². The molecule has 7 nitrogen and oxygen atoms in total. The maximum absolute atomic E-state index is 13.9. The van der Waals surface area contributed by atoms with E-state index in [0.29, 0.717) is 29.5 Å². The Morgan fingerprint density at radius 2 is 1.04 bits per heavy atom. The Morgan fingerprint density at radius 3 is 1.47 bits per heavy atom. The first-order chi connectivity index (χ1) is 26.7. The molecule has 5 aliphatic rings. The normalized spacial score (nSPS) is 21.5. The molecule has 5 fully saturated rings. The fourth-order valence-corrected chi connectivity index (χ4v) is 9.51. The van der Waals surface area contributed by atoms with Crippen molar-refractivity contribution in [2.45, 2.75) is 50.6 Å². The highest BCUT2D eigenvalue weighted by Crippen LogP contribution is 2.44. The number of amides is 2. The number of carbonyl (C=O) groups is 2. The lowest BCUT2D eigenvalue weighted by atomic mass is 9.72. The molecular formula is C46H53F2N5O2. The van der Waals surface area contributed by atoms with Crippen LogP contribution in [0.5, 0.6) is 0 Å². The molecule has 1 N–H and O–H groups in total. The molecule has 5 aliphatic heterocycles. The lowest BCUT2D eigenvalue weighted by Gasteiger charge is -2.54. The molecule has 2 spiro atoms. The molecule has 4 aromatic rings. The van der Waals surface area contributed by atoms with Gasteiger partial charge in [-0.3, -0.25) is 19.4 Å². The Bertz CT molecular complexity index is 1850. The van der Waals surface area contributed by atoms with Crippen molar-refractivity contribution >= 4 is 11.8 Å². The Hall–Kier alpha value is -4.44. The molecule has 0 radical (unpaired) electrons. The monoisotopic (exact) mass is 745 g/mol. The van der Waals surface area contributed by atoms with Gasteiger partial charge >= 0.3 is 0 Å². The third kappa shape index (κ3) is 8.11.